The molecule has 1 unspecified atom stereocenters. The molecular formula is C15H25ClN4O2. The van der Waals surface area contributed by atoms with Gasteiger partial charge in [0, 0.05) is 18.8 Å². The molecule has 0 radical (unpaired) electrons. The third-order valence-electron chi connectivity index (χ3n) is 4.29. The van der Waals surface area contributed by atoms with E-state index in [4.69, 9.17) is 4.74 Å². The molecule has 124 valence electrons. The summed E-state index contributed by atoms with van der Waals surface area (Å²) >= 11 is 0. The fourth-order valence-electron chi connectivity index (χ4n) is 3.20. The Morgan fingerprint density at radius 1 is 1.50 bits per heavy atom. The zero-order chi connectivity index (χ0) is 14.8. The van der Waals surface area contributed by atoms with E-state index >= 15 is 0 Å². The van der Waals surface area contributed by atoms with E-state index in [0.29, 0.717) is 26.2 Å². The van der Waals surface area contributed by atoms with Crippen molar-refractivity contribution in [1.82, 2.24) is 20.0 Å². The maximum atomic E-state index is 12.5. The van der Waals surface area contributed by atoms with Crippen molar-refractivity contribution >= 4 is 18.3 Å². The molecule has 3 heterocycles. The van der Waals surface area contributed by atoms with E-state index in [-0.39, 0.29) is 30.5 Å². The largest absolute Gasteiger partial charge is 0.373 e. The maximum Gasteiger partial charge on any atom is 0.239 e. The van der Waals surface area contributed by atoms with Gasteiger partial charge in [-0.25, -0.2) is 0 Å². The lowest BCUT2D eigenvalue weighted by Crippen LogP contribution is -2.52. The van der Waals surface area contributed by atoms with Gasteiger partial charge in [-0.05, 0) is 39.3 Å². The number of aromatic nitrogens is 2. The van der Waals surface area contributed by atoms with Gasteiger partial charge in [-0.15, -0.1) is 12.4 Å². The highest BCUT2D eigenvalue weighted by Crippen LogP contribution is 2.14. The standard InChI is InChI=1S/C15H24N4O2.ClH/c1-11-8-12(2)19(17-11)10-13-9-18(6-7-21-13)15(20)14-4-3-5-16-14;/h8,13-14,16H,3-7,9-10H2,1-2H3;1H/t13?,14-;/m0./s1. The second-order valence-electron chi connectivity index (χ2n) is 6.04. The Morgan fingerprint density at radius 3 is 2.95 bits per heavy atom. The lowest BCUT2D eigenvalue weighted by molar-refractivity contribution is -0.141. The lowest BCUT2D eigenvalue weighted by atomic mass is 10.1. The SMILES string of the molecule is Cc1cc(C)n(CC2CN(C(=O)[C@@H]3CCCN3)CCO2)n1.Cl. The van der Waals surface area contributed by atoms with Crippen LogP contribution in [-0.4, -0.2) is 59.0 Å². The van der Waals surface area contributed by atoms with Gasteiger partial charge in [0.05, 0.1) is 31.0 Å². The van der Waals surface area contributed by atoms with E-state index in [1.807, 2.05) is 23.4 Å². The van der Waals surface area contributed by atoms with Crippen LogP contribution in [0.25, 0.3) is 0 Å². The lowest BCUT2D eigenvalue weighted by Gasteiger charge is -2.34. The Bertz CT molecular complexity index is 514. The summed E-state index contributed by atoms with van der Waals surface area (Å²) in [5.74, 6) is 0.231. The Morgan fingerprint density at radius 2 is 2.32 bits per heavy atom. The summed E-state index contributed by atoms with van der Waals surface area (Å²) in [4.78, 5) is 14.4. The molecule has 2 saturated heterocycles. The Labute approximate surface area is 137 Å². The van der Waals surface area contributed by atoms with Gasteiger partial charge in [0.15, 0.2) is 0 Å². The summed E-state index contributed by atoms with van der Waals surface area (Å²) < 4.78 is 7.79. The zero-order valence-electron chi connectivity index (χ0n) is 13.2. The average Bonchev–Trinajstić information content (AvgIpc) is 3.09. The van der Waals surface area contributed by atoms with Gasteiger partial charge in [0.1, 0.15) is 0 Å². The molecule has 1 amide bonds. The second-order valence-corrected chi connectivity index (χ2v) is 6.04. The van der Waals surface area contributed by atoms with Crippen LogP contribution in [0.4, 0.5) is 0 Å². The normalized spacial score (nSPS) is 25.1. The first kappa shape index (κ1) is 17.2. The molecule has 0 aromatic carbocycles. The van der Waals surface area contributed by atoms with Gasteiger partial charge in [-0.3, -0.25) is 9.48 Å². The molecule has 0 bridgehead atoms. The fourth-order valence-corrected chi connectivity index (χ4v) is 3.20. The minimum atomic E-state index is 0. The summed E-state index contributed by atoms with van der Waals surface area (Å²) in [5, 5.41) is 7.75. The van der Waals surface area contributed by atoms with E-state index in [0.717, 1.165) is 30.8 Å². The van der Waals surface area contributed by atoms with Crippen LogP contribution in [0, 0.1) is 13.8 Å². The van der Waals surface area contributed by atoms with Crippen LogP contribution in [0.2, 0.25) is 0 Å². The highest BCUT2D eigenvalue weighted by molar-refractivity contribution is 5.85. The van der Waals surface area contributed by atoms with E-state index in [2.05, 4.69) is 16.5 Å². The molecule has 6 nitrogen and oxygen atoms in total. The number of hydrogen-bond donors (Lipinski definition) is 1. The number of halogens is 1. The first-order valence-corrected chi connectivity index (χ1v) is 7.78. The molecule has 0 saturated carbocycles. The number of carbonyl (C=O) groups excluding carboxylic acids is 1. The van der Waals surface area contributed by atoms with Gasteiger partial charge >= 0.3 is 0 Å². The molecule has 3 rings (SSSR count). The molecule has 2 aliphatic heterocycles. The molecule has 22 heavy (non-hydrogen) atoms. The van der Waals surface area contributed by atoms with Gasteiger partial charge in [0.2, 0.25) is 5.91 Å². The van der Waals surface area contributed by atoms with Crippen molar-refractivity contribution in [3.8, 4) is 0 Å². The molecule has 7 heteroatoms. The number of carbonyl (C=O) groups is 1. The van der Waals surface area contributed by atoms with Crippen LogP contribution >= 0.6 is 12.4 Å². The van der Waals surface area contributed by atoms with Gasteiger partial charge in [-0.1, -0.05) is 0 Å². The van der Waals surface area contributed by atoms with Gasteiger partial charge in [0.25, 0.3) is 0 Å². The quantitative estimate of drug-likeness (QED) is 0.895. The predicted octanol–water partition coefficient (Wildman–Crippen LogP) is 0.901. The summed E-state index contributed by atoms with van der Waals surface area (Å²) in [6, 6.07) is 2.08. The van der Waals surface area contributed by atoms with Crippen LogP contribution in [0.1, 0.15) is 24.2 Å². The van der Waals surface area contributed by atoms with Crippen molar-refractivity contribution < 1.29 is 9.53 Å². The average molecular weight is 329 g/mol. The molecular weight excluding hydrogens is 304 g/mol. The van der Waals surface area contributed by atoms with Crippen molar-refractivity contribution in [3.63, 3.8) is 0 Å². The highest BCUT2D eigenvalue weighted by Gasteiger charge is 2.31. The Balaban J connectivity index is 0.00000176. The van der Waals surface area contributed by atoms with Crippen LogP contribution in [0.5, 0.6) is 0 Å². The van der Waals surface area contributed by atoms with Crippen LogP contribution in [0.3, 0.4) is 0 Å². The summed E-state index contributed by atoms with van der Waals surface area (Å²) in [5.41, 5.74) is 2.16. The van der Waals surface area contributed by atoms with E-state index in [9.17, 15) is 4.79 Å². The third kappa shape index (κ3) is 3.80. The fraction of sp³-hybridized carbons (Fsp3) is 0.733. The molecule has 2 aliphatic rings. The summed E-state index contributed by atoms with van der Waals surface area (Å²) in [6.45, 7) is 7.68. The zero-order valence-corrected chi connectivity index (χ0v) is 14.1. The van der Waals surface area contributed by atoms with Crippen molar-refractivity contribution in [2.24, 2.45) is 0 Å². The van der Waals surface area contributed by atoms with Crippen LogP contribution in [-0.2, 0) is 16.1 Å². The molecule has 0 aliphatic carbocycles. The van der Waals surface area contributed by atoms with Crippen molar-refractivity contribution in [2.45, 2.75) is 45.4 Å². The number of amides is 1. The number of aryl methyl sites for hydroxylation is 2. The first-order chi connectivity index (χ1) is 10.1. The molecule has 1 aromatic heterocycles. The van der Waals surface area contributed by atoms with E-state index < -0.39 is 0 Å². The summed E-state index contributed by atoms with van der Waals surface area (Å²) in [6.07, 6.45) is 2.08. The van der Waals surface area contributed by atoms with E-state index in [1.165, 1.54) is 0 Å². The molecule has 2 fully saturated rings. The minimum Gasteiger partial charge on any atom is -0.373 e. The second kappa shape index (κ2) is 7.44. The number of hydrogen-bond acceptors (Lipinski definition) is 4. The number of ether oxygens (including phenoxy) is 1. The minimum absolute atomic E-state index is 0. The molecule has 0 spiro atoms. The van der Waals surface area contributed by atoms with Crippen molar-refractivity contribution in [3.05, 3.63) is 17.5 Å². The van der Waals surface area contributed by atoms with Crippen molar-refractivity contribution in [1.29, 1.82) is 0 Å². The molecule has 1 N–H and O–H groups in total. The Hall–Kier alpha value is -1.11. The van der Waals surface area contributed by atoms with Crippen molar-refractivity contribution in [2.75, 3.05) is 26.2 Å². The van der Waals surface area contributed by atoms with Crippen LogP contribution < -0.4 is 5.32 Å². The molecule has 2 atom stereocenters. The van der Waals surface area contributed by atoms with E-state index in [1.54, 1.807) is 0 Å². The number of rotatable bonds is 3. The number of morpholine rings is 1. The Kier molecular flexibility index (Phi) is 5.83. The van der Waals surface area contributed by atoms with Gasteiger partial charge < -0.3 is 15.0 Å². The van der Waals surface area contributed by atoms with Crippen LogP contribution in [0.15, 0.2) is 6.07 Å². The third-order valence-corrected chi connectivity index (χ3v) is 4.29. The van der Waals surface area contributed by atoms with Gasteiger partial charge in [-0.2, -0.15) is 5.10 Å². The maximum absolute atomic E-state index is 12.5. The first-order valence-electron chi connectivity index (χ1n) is 7.78. The highest BCUT2D eigenvalue weighted by atomic mass is 35.5. The summed E-state index contributed by atoms with van der Waals surface area (Å²) in [7, 11) is 0. The predicted molar refractivity (Wildman–Crippen MR) is 86.3 cm³/mol. The molecule has 1 aromatic rings. The smallest absolute Gasteiger partial charge is 0.239 e. The topological polar surface area (TPSA) is 59.4 Å². The number of nitrogens with zero attached hydrogens (tertiary/aromatic N) is 3. The number of nitrogens with one attached hydrogen (secondary N) is 1. The monoisotopic (exact) mass is 328 g/mol.